The number of hydrazine groups is 1. The Labute approximate surface area is 143 Å². The van der Waals surface area contributed by atoms with Gasteiger partial charge >= 0.3 is 12.2 Å². The van der Waals surface area contributed by atoms with E-state index in [1.165, 1.54) is 0 Å². The molecule has 1 fully saturated rings. The first-order valence-corrected chi connectivity index (χ1v) is 7.96. The molecule has 1 heterocycles. The summed E-state index contributed by atoms with van der Waals surface area (Å²) in [6.07, 6.45) is -1.51. The lowest BCUT2D eigenvalue weighted by Gasteiger charge is -2.37. The Balaban J connectivity index is 2.85. The van der Waals surface area contributed by atoms with Crippen LogP contribution in [0.5, 0.6) is 0 Å². The van der Waals surface area contributed by atoms with E-state index >= 15 is 0 Å². The van der Waals surface area contributed by atoms with Crippen molar-refractivity contribution < 1.29 is 19.1 Å². The minimum Gasteiger partial charge on any atom is -0.444 e. The van der Waals surface area contributed by atoms with Gasteiger partial charge in [-0.05, 0) is 41.5 Å². The van der Waals surface area contributed by atoms with Crippen molar-refractivity contribution in [3.05, 3.63) is 0 Å². The molecule has 138 valence electrons. The smallest absolute Gasteiger partial charge is 0.432 e. The van der Waals surface area contributed by atoms with Gasteiger partial charge in [-0.3, -0.25) is 10.7 Å². The standard InChI is InChI=1S/C15H29N5O4/c1-14(2,3)23-12(21)18-11(16)20(13(22)24-15(4,5)6)19-9-7-17-8-10-19/h17H,7-10H2,1-6H3,(H2,16,18,21). The lowest BCUT2D eigenvalue weighted by atomic mass is 10.2. The summed E-state index contributed by atoms with van der Waals surface area (Å²) in [5.41, 5.74) is -1.41. The summed E-state index contributed by atoms with van der Waals surface area (Å²) >= 11 is 0. The van der Waals surface area contributed by atoms with E-state index in [9.17, 15) is 9.59 Å². The van der Waals surface area contributed by atoms with E-state index < -0.39 is 29.3 Å². The highest BCUT2D eigenvalue weighted by Crippen LogP contribution is 2.13. The molecule has 9 heteroatoms. The maximum Gasteiger partial charge on any atom is 0.432 e. The number of nitrogens with zero attached hydrogens (tertiary/aromatic N) is 2. The average molecular weight is 343 g/mol. The fourth-order valence-electron chi connectivity index (χ4n) is 1.96. The van der Waals surface area contributed by atoms with Crippen molar-refractivity contribution in [2.75, 3.05) is 26.2 Å². The third-order valence-corrected chi connectivity index (χ3v) is 2.77. The summed E-state index contributed by atoms with van der Waals surface area (Å²) in [5, 5.41) is 16.3. The summed E-state index contributed by atoms with van der Waals surface area (Å²) < 4.78 is 10.5. The van der Waals surface area contributed by atoms with Crippen LogP contribution < -0.4 is 10.6 Å². The molecule has 0 radical (unpaired) electrons. The number of hydrogen-bond acceptors (Lipinski definition) is 7. The predicted molar refractivity (Wildman–Crippen MR) is 89.6 cm³/mol. The van der Waals surface area contributed by atoms with Gasteiger partial charge in [0.05, 0.1) is 0 Å². The zero-order valence-corrected chi connectivity index (χ0v) is 15.4. The zero-order chi connectivity index (χ0) is 18.5. The van der Waals surface area contributed by atoms with Crippen LogP contribution in [0.2, 0.25) is 0 Å². The maximum absolute atomic E-state index is 12.5. The van der Waals surface area contributed by atoms with Gasteiger partial charge in [0.25, 0.3) is 0 Å². The molecule has 9 nitrogen and oxygen atoms in total. The van der Waals surface area contributed by atoms with E-state index in [0.717, 1.165) is 5.01 Å². The number of alkyl carbamates (subject to hydrolysis) is 1. The van der Waals surface area contributed by atoms with Crippen LogP contribution in [0.15, 0.2) is 0 Å². The van der Waals surface area contributed by atoms with Gasteiger partial charge in [0.1, 0.15) is 11.2 Å². The molecule has 0 unspecified atom stereocenters. The fourth-order valence-corrected chi connectivity index (χ4v) is 1.96. The van der Waals surface area contributed by atoms with E-state index in [4.69, 9.17) is 14.9 Å². The molecular weight excluding hydrogens is 314 g/mol. The quantitative estimate of drug-likeness (QED) is 0.492. The summed E-state index contributed by atoms with van der Waals surface area (Å²) in [7, 11) is 0. The number of carbonyl (C=O) groups excluding carboxylic acids is 2. The average Bonchev–Trinajstić information content (AvgIpc) is 2.35. The molecule has 0 spiro atoms. The molecular formula is C15H29N5O4. The maximum atomic E-state index is 12.5. The van der Waals surface area contributed by atoms with Gasteiger partial charge in [-0.2, -0.15) is 5.01 Å². The van der Waals surface area contributed by atoms with Crippen LogP contribution in [0.1, 0.15) is 41.5 Å². The van der Waals surface area contributed by atoms with Crippen molar-refractivity contribution in [1.82, 2.24) is 20.7 Å². The van der Waals surface area contributed by atoms with Crippen molar-refractivity contribution in [3.63, 3.8) is 0 Å². The van der Waals surface area contributed by atoms with E-state index in [0.29, 0.717) is 26.2 Å². The van der Waals surface area contributed by atoms with Gasteiger partial charge in [0.15, 0.2) is 0 Å². The van der Waals surface area contributed by atoms with Crippen molar-refractivity contribution in [3.8, 4) is 0 Å². The summed E-state index contributed by atoms with van der Waals surface area (Å²) in [6.45, 7) is 12.7. The molecule has 2 amide bonds. The number of guanidine groups is 1. The summed E-state index contributed by atoms with van der Waals surface area (Å²) in [4.78, 5) is 24.4. The number of rotatable bonds is 1. The Morgan fingerprint density at radius 1 is 1.04 bits per heavy atom. The lowest BCUT2D eigenvalue weighted by molar-refractivity contribution is -0.0218. The first kappa shape index (κ1) is 20.2. The number of ether oxygens (including phenoxy) is 2. The second kappa shape index (κ2) is 7.80. The molecule has 0 aromatic heterocycles. The Morgan fingerprint density at radius 2 is 1.54 bits per heavy atom. The number of hydrogen-bond donors (Lipinski definition) is 3. The van der Waals surface area contributed by atoms with Crippen molar-refractivity contribution in [1.29, 1.82) is 5.41 Å². The largest absolute Gasteiger partial charge is 0.444 e. The minimum atomic E-state index is -0.795. The lowest BCUT2D eigenvalue weighted by Crippen LogP contribution is -2.60. The van der Waals surface area contributed by atoms with E-state index in [2.05, 4.69) is 10.6 Å². The first-order chi connectivity index (χ1) is 10.9. The van der Waals surface area contributed by atoms with Crippen LogP contribution >= 0.6 is 0 Å². The summed E-state index contributed by atoms with van der Waals surface area (Å²) in [6, 6.07) is 0. The molecule has 0 bridgehead atoms. The van der Waals surface area contributed by atoms with Gasteiger partial charge in [0.2, 0.25) is 5.96 Å². The first-order valence-electron chi connectivity index (χ1n) is 7.96. The molecule has 0 atom stereocenters. The SMILES string of the molecule is CC(C)(C)OC(=O)NC(=N)N(C(=O)OC(C)(C)C)N1CCNCC1. The molecule has 1 rings (SSSR count). The van der Waals surface area contributed by atoms with Crippen molar-refractivity contribution in [2.24, 2.45) is 0 Å². The number of carbonyl (C=O) groups is 2. The molecule has 3 N–H and O–H groups in total. The summed E-state index contributed by atoms with van der Waals surface area (Å²) in [5.74, 6) is -0.402. The van der Waals surface area contributed by atoms with Crippen molar-refractivity contribution >= 4 is 18.1 Å². The predicted octanol–water partition coefficient (Wildman–Crippen LogP) is 1.50. The second-order valence-electron chi connectivity index (χ2n) is 7.47. The highest BCUT2D eigenvalue weighted by molar-refractivity contribution is 5.99. The van der Waals surface area contributed by atoms with Gasteiger partial charge in [-0.25, -0.2) is 14.6 Å². The molecule has 1 saturated heterocycles. The molecule has 1 aliphatic heterocycles. The molecule has 1 aliphatic rings. The van der Waals surface area contributed by atoms with Gasteiger partial charge < -0.3 is 14.8 Å². The Hall–Kier alpha value is -1.87. The number of nitrogens with one attached hydrogen (secondary N) is 3. The molecule has 0 saturated carbocycles. The van der Waals surface area contributed by atoms with E-state index in [1.54, 1.807) is 46.6 Å². The van der Waals surface area contributed by atoms with Gasteiger partial charge in [-0.15, -0.1) is 0 Å². The fraction of sp³-hybridized carbons (Fsp3) is 0.800. The van der Waals surface area contributed by atoms with Crippen molar-refractivity contribution in [2.45, 2.75) is 52.7 Å². The second-order valence-corrected chi connectivity index (χ2v) is 7.47. The highest BCUT2D eigenvalue weighted by Gasteiger charge is 2.32. The molecule has 0 aromatic rings. The third kappa shape index (κ3) is 7.14. The number of amides is 2. The zero-order valence-electron chi connectivity index (χ0n) is 15.4. The number of piperazine rings is 1. The normalized spacial score (nSPS) is 16.2. The highest BCUT2D eigenvalue weighted by atomic mass is 16.6. The molecule has 0 aromatic carbocycles. The van der Waals surface area contributed by atoms with Gasteiger partial charge in [-0.1, -0.05) is 0 Å². The monoisotopic (exact) mass is 343 g/mol. The van der Waals surface area contributed by atoms with Crippen LogP contribution in [0, 0.1) is 5.41 Å². The topological polar surface area (TPSA) is 107 Å². The molecule has 0 aliphatic carbocycles. The van der Waals surface area contributed by atoms with Crippen LogP contribution in [-0.2, 0) is 9.47 Å². The van der Waals surface area contributed by atoms with Crippen LogP contribution in [0.3, 0.4) is 0 Å². The van der Waals surface area contributed by atoms with E-state index in [1.807, 2.05) is 0 Å². The van der Waals surface area contributed by atoms with Gasteiger partial charge in [0, 0.05) is 26.2 Å². The third-order valence-electron chi connectivity index (χ3n) is 2.77. The van der Waals surface area contributed by atoms with Crippen LogP contribution in [0.4, 0.5) is 9.59 Å². The minimum absolute atomic E-state index is 0.402. The van der Waals surface area contributed by atoms with E-state index in [-0.39, 0.29) is 0 Å². The van der Waals surface area contributed by atoms with Crippen LogP contribution in [-0.4, -0.2) is 65.5 Å². The molecule has 24 heavy (non-hydrogen) atoms. The Bertz CT molecular complexity index is 475. The Morgan fingerprint density at radius 3 is 2.00 bits per heavy atom. The Kier molecular flexibility index (Phi) is 6.56. The van der Waals surface area contributed by atoms with Crippen LogP contribution in [0.25, 0.3) is 0 Å².